The highest BCUT2D eigenvalue weighted by atomic mass is 35.5. The van der Waals surface area contributed by atoms with E-state index in [2.05, 4.69) is 16.9 Å². The normalized spacial score (nSPS) is 10.9. The molecule has 1 aromatic carbocycles. The van der Waals surface area contributed by atoms with Crippen molar-refractivity contribution in [3.63, 3.8) is 0 Å². The fraction of sp³-hybridized carbons (Fsp3) is 0.267. The van der Waals surface area contributed by atoms with Crippen LogP contribution in [0, 0.1) is 0 Å². The van der Waals surface area contributed by atoms with Crippen LogP contribution in [0.15, 0.2) is 42.6 Å². The molecule has 2 rings (SSSR count). The van der Waals surface area contributed by atoms with E-state index in [0.717, 1.165) is 34.9 Å². The van der Waals surface area contributed by atoms with E-state index in [9.17, 15) is 0 Å². The molecule has 4 heteroatoms. The van der Waals surface area contributed by atoms with E-state index in [1.165, 1.54) is 0 Å². The van der Waals surface area contributed by atoms with Crippen molar-refractivity contribution in [1.29, 1.82) is 0 Å². The molecule has 0 spiro atoms. The molecule has 0 unspecified atom stereocenters. The van der Waals surface area contributed by atoms with Gasteiger partial charge in [-0.25, -0.2) is 0 Å². The van der Waals surface area contributed by atoms with Crippen molar-refractivity contribution in [2.45, 2.75) is 19.6 Å². The van der Waals surface area contributed by atoms with Gasteiger partial charge in [-0.15, -0.1) is 0 Å². The maximum absolute atomic E-state index is 6.26. The molecule has 0 amide bonds. The zero-order valence-electron chi connectivity index (χ0n) is 11.0. The lowest BCUT2D eigenvalue weighted by atomic mass is 10.1. The molecule has 0 saturated carbocycles. The molecule has 0 aliphatic carbocycles. The third kappa shape index (κ3) is 4.03. The Kier molecular flexibility index (Phi) is 4.91. The van der Waals surface area contributed by atoms with Crippen LogP contribution < -0.4 is 5.73 Å². The average Bonchev–Trinajstić information content (AvgIpc) is 2.42. The van der Waals surface area contributed by atoms with E-state index in [4.69, 9.17) is 17.3 Å². The van der Waals surface area contributed by atoms with Gasteiger partial charge >= 0.3 is 0 Å². The number of nitrogens with zero attached hydrogens (tertiary/aromatic N) is 2. The van der Waals surface area contributed by atoms with E-state index < -0.39 is 0 Å². The molecular weight excluding hydrogens is 258 g/mol. The second kappa shape index (κ2) is 6.66. The second-order valence-corrected chi connectivity index (χ2v) is 5.03. The van der Waals surface area contributed by atoms with Crippen molar-refractivity contribution < 1.29 is 0 Å². The van der Waals surface area contributed by atoms with Crippen LogP contribution in [0.2, 0.25) is 5.02 Å². The lowest BCUT2D eigenvalue weighted by molar-refractivity contribution is 0.315. The molecule has 2 aromatic rings. The molecule has 3 nitrogen and oxygen atoms in total. The predicted octanol–water partition coefficient (Wildman–Crippen LogP) is 2.83. The summed E-state index contributed by atoms with van der Waals surface area (Å²) in [7, 11) is 2.06. The summed E-state index contributed by atoms with van der Waals surface area (Å²) >= 11 is 6.26. The van der Waals surface area contributed by atoms with Crippen LogP contribution in [0.4, 0.5) is 0 Å². The first-order valence-corrected chi connectivity index (χ1v) is 6.62. The van der Waals surface area contributed by atoms with E-state index in [-0.39, 0.29) is 0 Å². The van der Waals surface area contributed by atoms with E-state index in [0.29, 0.717) is 6.54 Å². The van der Waals surface area contributed by atoms with Crippen LogP contribution in [-0.2, 0) is 19.6 Å². The minimum atomic E-state index is 0.518. The first kappa shape index (κ1) is 14.0. The number of pyridine rings is 1. The lowest BCUT2D eigenvalue weighted by Crippen LogP contribution is -2.18. The Balaban J connectivity index is 2.01. The maximum Gasteiger partial charge on any atom is 0.0543 e. The Labute approximate surface area is 119 Å². The highest BCUT2D eigenvalue weighted by molar-refractivity contribution is 6.31. The van der Waals surface area contributed by atoms with Crippen LogP contribution in [0.3, 0.4) is 0 Å². The molecule has 0 bridgehead atoms. The number of nitrogens with two attached hydrogens (primary N) is 1. The Bertz CT molecular complexity index is 528. The number of halogens is 1. The molecule has 1 heterocycles. The first-order chi connectivity index (χ1) is 9.19. The van der Waals surface area contributed by atoms with Crippen LogP contribution in [0.1, 0.15) is 16.8 Å². The predicted molar refractivity (Wildman–Crippen MR) is 78.8 cm³/mol. The zero-order valence-corrected chi connectivity index (χ0v) is 11.8. The van der Waals surface area contributed by atoms with Gasteiger partial charge in [-0.1, -0.05) is 29.8 Å². The fourth-order valence-corrected chi connectivity index (χ4v) is 2.22. The fourth-order valence-electron chi connectivity index (χ4n) is 1.96. The molecule has 19 heavy (non-hydrogen) atoms. The molecule has 0 radical (unpaired) electrons. The van der Waals surface area contributed by atoms with E-state index >= 15 is 0 Å². The largest absolute Gasteiger partial charge is 0.326 e. The van der Waals surface area contributed by atoms with Gasteiger partial charge in [-0.3, -0.25) is 9.88 Å². The molecule has 2 N–H and O–H groups in total. The third-order valence-corrected chi connectivity index (χ3v) is 3.30. The number of benzene rings is 1. The lowest BCUT2D eigenvalue weighted by Gasteiger charge is -2.17. The molecule has 0 aliphatic heterocycles. The Morgan fingerprint density at radius 1 is 1.21 bits per heavy atom. The summed E-state index contributed by atoms with van der Waals surface area (Å²) in [6, 6.07) is 11.9. The topological polar surface area (TPSA) is 42.2 Å². The minimum Gasteiger partial charge on any atom is -0.326 e. The molecular formula is C15H18ClN3. The van der Waals surface area contributed by atoms with Gasteiger partial charge in [0, 0.05) is 30.9 Å². The Hall–Kier alpha value is -1.42. The van der Waals surface area contributed by atoms with E-state index in [1.807, 2.05) is 42.6 Å². The van der Waals surface area contributed by atoms with Gasteiger partial charge < -0.3 is 5.73 Å². The Morgan fingerprint density at radius 3 is 2.68 bits per heavy atom. The van der Waals surface area contributed by atoms with Crippen molar-refractivity contribution in [3.05, 3.63) is 64.4 Å². The SMILES string of the molecule is CN(Cc1ccccn1)Cc1ccc(CN)cc1Cl. The molecule has 0 fully saturated rings. The van der Waals surface area contributed by atoms with Gasteiger partial charge in [-0.05, 0) is 36.4 Å². The quantitative estimate of drug-likeness (QED) is 0.912. The summed E-state index contributed by atoms with van der Waals surface area (Å²) in [6.07, 6.45) is 1.81. The number of rotatable bonds is 5. The molecule has 1 aromatic heterocycles. The van der Waals surface area contributed by atoms with Crippen molar-refractivity contribution in [1.82, 2.24) is 9.88 Å². The smallest absolute Gasteiger partial charge is 0.0543 e. The molecule has 0 saturated heterocycles. The number of hydrogen-bond acceptors (Lipinski definition) is 3. The molecule has 0 aliphatic rings. The van der Waals surface area contributed by atoms with Gasteiger partial charge in [0.05, 0.1) is 5.69 Å². The summed E-state index contributed by atoms with van der Waals surface area (Å²) in [6.45, 7) is 2.11. The molecule has 0 atom stereocenters. The van der Waals surface area contributed by atoms with Gasteiger partial charge in [0.1, 0.15) is 0 Å². The summed E-state index contributed by atoms with van der Waals surface area (Å²) in [4.78, 5) is 6.51. The zero-order chi connectivity index (χ0) is 13.7. The van der Waals surface area contributed by atoms with Gasteiger partial charge in [0.2, 0.25) is 0 Å². The third-order valence-electron chi connectivity index (χ3n) is 2.95. The summed E-state index contributed by atoms with van der Waals surface area (Å²) in [5, 5.41) is 0.774. The summed E-state index contributed by atoms with van der Waals surface area (Å²) < 4.78 is 0. The minimum absolute atomic E-state index is 0.518. The monoisotopic (exact) mass is 275 g/mol. The average molecular weight is 276 g/mol. The Morgan fingerprint density at radius 2 is 2.05 bits per heavy atom. The highest BCUT2D eigenvalue weighted by Crippen LogP contribution is 2.19. The van der Waals surface area contributed by atoms with Crippen LogP contribution in [0.5, 0.6) is 0 Å². The van der Waals surface area contributed by atoms with E-state index in [1.54, 1.807) is 0 Å². The van der Waals surface area contributed by atoms with Crippen LogP contribution in [0.25, 0.3) is 0 Å². The maximum atomic E-state index is 6.26. The van der Waals surface area contributed by atoms with Crippen molar-refractivity contribution in [2.75, 3.05) is 7.05 Å². The van der Waals surface area contributed by atoms with Crippen molar-refractivity contribution in [3.8, 4) is 0 Å². The van der Waals surface area contributed by atoms with Gasteiger partial charge in [0.15, 0.2) is 0 Å². The van der Waals surface area contributed by atoms with Crippen molar-refractivity contribution in [2.24, 2.45) is 5.73 Å². The highest BCUT2D eigenvalue weighted by Gasteiger charge is 2.06. The van der Waals surface area contributed by atoms with Crippen LogP contribution >= 0.6 is 11.6 Å². The van der Waals surface area contributed by atoms with Crippen LogP contribution in [-0.4, -0.2) is 16.9 Å². The molecule has 100 valence electrons. The number of hydrogen-bond donors (Lipinski definition) is 1. The van der Waals surface area contributed by atoms with Crippen molar-refractivity contribution >= 4 is 11.6 Å². The standard InChI is InChI=1S/C15H18ClN3/c1-19(11-14-4-2-3-7-18-14)10-13-6-5-12(9-17)8-15(13)16/h2-8H,9-11,17H2,1H3. The second-order valence-electron chi connectivity index (χ2n) is 4.62. The number of aromatic nitrogens is 1. The summed E-state index contributed by atoms with van der Waals surface area (Å²) in [5.74, 6) is 0. The van der Waals surface area contributed by atoms with Gasteiger partial charge in [0.25, 0.3) is 0 Å². The van der Waals surface area contributed by atoms with Gasteiger partial charge in [-0.2, -0.15) is 0 Å². The first-order valence-electron chi connectivity index (χ1n) is 6.25. The summed E-state index contributed by atoms with van der Waals surface area (Å²) in [5.41, 5.74) is 8.82.